The van der Waals surface area contributed by atoms with Crippen molar-refractivity contribution in [1.29, 1.82) is 0 Å². The molecule has 0 radical (unpaired) electrons. The summed E-state index contributed by atoms with van der Waals surface area (Å²) in [6.45, 7) is 1.87. The Kier molecular flexibility index (Phi) is 4.53. The normalized spacial score (nSPS) is 14.7. The molecule has 1 saturated heterocycles. The number of hydrogen-bond donors (Lipinski definition) is 1. The van der Waals surface area contributed by atoms with Crippen molar-refractivity contribution in [2.75, 3.05) is 23.3 Å². The Morgan fingerprint density at radius 2 is 1.82 bits per heavy atom. The number of anilines is 2. The first-order valence-corrected chi connectivity index (χ1v) is 7.75. The fourth-order valence-electron chi connectivity index (χ4n) is 2.60. The van der Waals surface area contributed by atoms with Gasteiger partial charge in [0.05, 0.1) is 11.3 Å². The van der Waals surface area contributed by atoms with E-state index in [1.807, 2.05) is 0 Å². The van der Waals surface area contributed by atoms with E-state index in [-0.39, 0.29) is 11.1 Å². The van der Waals surface area contributed by atoms with Gasteiger partial charge in [0, 0.05) is 25.5 Å². The highest BCUT2D eigenvalue weighted by atomic mass is 35.5. The Balaban J connectivity index is 1.85. The van der Waals surface area contributed by atoms with Crippen molar-refractivity contribution in [3.63, 3.8) is 0 Å². The lowest BCUT2D eigenvalue weighted by Gasteiger charge is -2.29. The number of aromatic nitrogens is 2. The van der Waals surface area contributed by atoms with Crippen LogP contribution in [0, 0.1) is 0 Å². The topological polar surface area (TPSA) is 58.1 Å². The Hall–Kier alpha value is -2.14. The van der Waals surface area contributed by atoms with Gasteiger partial charge in [-0.3, -0.25) is 4.79 Å². The fourth-order valence-corrected chi connectivity index (χ4v) is 2.77. The minimum absolute atomic E-state index is 0.219. The molecule has 3 heterocycles. The van der Waals surface area contributed by atoms with Crippen LogP contribution in [0.3, 0.4) is 0 Å². The number of nitrogens with zero attached hydrogens (tertiary/aromatic N) is 3. The molecule has 0 atom stereocenters. The molecule has 1 amide bonds. The SMILES string of the molecule is O=C(Nc1cccnc1Cl)c1cccnc1N1CCCCC1. The summed E-state index contributed by atoms with van der Waals surface area (Å²) in [5.74, 6) is 0.517. The molecule has 22 heavy (non-hydrogen) atoms. The third kappa shape index (κ3) is 3.20. The van der Waals surface area contributed by atoms with Gasteiger partial charge in [-0.1, -0.05) is 11.6 Å². The monoisotopic (exact) mass is 316 g/mol. The van der Waals surface area contributed by atoms with Crippen LogP contribution in [0.4, 0.5) is 11.5 Å². The van der Waals surface area contributed by atoms with Gasteiger partial charge in [0.25, 0.3) is 5.91 Å². The molecular weight excluding hydrogens is 300 g/mol. The summed E-state index contributed by atoms with van der Waals surface area (Å²) in [5, 5.41) is 3.08. The molecule has 1 fully saturated rings. The van der Waals surface area contributed by atoms with Crippen molar-refractivity contribution in [3.05, 3.63) is 47.4 Å². The predicted molar refractivity (Wildman–Crippen MR) is 87.5 cm³/mol. The van der Waals surface area contributed by atoms with E-state index < -0.39 is 0 Å². The zero-order chi connectivity index (χ0) is 15.4. The van der Waals surface area contributed by atoms with Crippen LogP contribution < -0.4 is 10.2 Å². The minimum Gasteiger partial charge on any atom is -0.356 e. The fraction of sp³-hybridized carbons (Fsp3) is 0.312. The van der Waals surface area contributed by atoms with Gasteiger partial charge in [-0.2, -0.15) is 0 Å². The first kappa shape index (κ1) is 14.8. The van der Waals surface area contributed by atoms with Gasteiger partial charge >= 0.3 is 0 Å². The predicted octanol–water partition coefficient (Wildman–Crippen LogP) is 3.37. The van der Waals surface area contributed by atoms with E-state index in [9.17, 15) is 4.79 Å². The third-order valence-corrected chi connectivity index (χ3v) is 4.00. The summed E-state index contributed by atoms with van der Waals surface area (Å²) in [4.78, 5) is 23.1. The molecule has 0 bridgehead atoms. The highest BCUT2D eigenvalue weighted by Gasteiger charge is 2.20. The average molecular weight is 317 g/mol. The summed E-state index contributed by atoms with van der Waals surface area (Å²) in [6.07, 6.45) is 6.80. The number of rotatable bonds is 3. The number of hydrogen-bond acceptors (Lipinski definition) is 4. The second-order valence-corrected chi connectivity index (χ2v) is 5.58. The maximum absolute atomic E-state index is 12.6. The number of piperidine rings is 1. The number of carbonyl (C=O) groups excluding carboxylic acids is 1. The third-order valence-electron chi connectivity index (χ3n) is 3.69. The van der Waals surface area contributed by atoms with E-state index in [2.05, 4.69) is 20.2 Å². The summed E-state index contributed by atoms with van der Waals surface area (Å²) in [7, 11) is 0. The molecule has 3 rings (SSSR count). The number of carbonyl (C=O) groups is 1. The Bertz CT molecular complexity index is 671. The van der Waals surface area contributed by atoms with Crippen LogP contribution >= 0.6 is 11.6 Å². The summed E-state index contributed by atoms with van der Waals surface area (Å²) < 4.78 is 0. The van der Waals surface area contributed by atoms with Crippen molar-refractivity contribution in [2.24, 2.45) is 0 Å². The zero-order valence-electron chi connectivity index (χ0n) is 12.1. The first-order valence-electron chi connectivity index (χ1n) is 7.37. The largest absolute Gasteiger partial charge is 0.356 e. The summed E-state index contributed by atoms with van der Waals surface area (Å²) >= 11 is 5.99. The van der Waals surface area contributed by atoms with E-state index in [4.69, 9.17) is 11.6 Å². The molecule has 114 valence electrons. The van der Waals surface area contributed by atoms with Gasteiger partial charge < -0.3 is 10.2 Å². The number of amides is 1. The van der Waals surface area contributed by atoms with E-state index in [1.165, 1.54) is 6.42 Å². The first-order chi connectivity index (χ1) is 10.8. The highest BCUT2D eigenvalue weighted by Crippen LogP contribution is 2.24. The molecule has 5 nitrogen and oxygen atoms in total. The molecule has 6 heteroatoms. The van der Waals surface area contributed by atoms with Gasteiger partial charge in [0.1, 0.15) is 5.82 Å². The van der Waals surface area contributed by atoms with Crippen LogP contribution in [0.2, 0.25) is 5.15 Å². The molecule has 1 aliphatic heterocycles. The Morgan fingerprint density at radius 3 is 2.59 bits per heavy atom. The number of halogens is 1. The quantitative estimate of drug-likeness (QED) is 0.882. The molecule has 1 N–H and O–H groups in total. The van der Waals surface area contributed by atoms with Crippen LogP contribution in [0.5, 0.6) is 0 Å². The second-order valence-electron chi connectivity index (χ2n) is 5.22. The van der Waals surface area contributed by atoms with E-state index in [0.717, 1.165) is 31.7 Å². The van der Waals surface area contributed by atoms with Crippen LogP contribution in [0.1, 0.15) is 29.6 Å². The van der Waals surface area contributed by atoms with Gasteiger partial charge in [-0.05, 0) is 43.5 Å². The molecule has 0 unspecified atom stereocenters. The second kappa shape index (κ2) is 6.75. The van der Waals surface area contributed by atoms with Crippen molar-refractivity contribution >= 4 is 29.0 Å². The van der Waals surface area contributed by atoms with Crippen LogP contribution in [-0.2, 0) is 0 Å². The molecular formula is C16H17ClN4O. The molecule has 2 aromatic heterocycles. The van der Waals surface area contributed by atoms with Crippen molar-refractivity contribution < 1.29 is 4.79 Å². The average Bonchev–Trinajstić information content (AvgIpc) is 2.58. The number of pyridine rings is 2. The molecule has 0 aliphatic carbocycles. The van der Waals surface area contributed by atoms with Gasteiger partial charge in [0.15, 0.2) is 5.15 Å². The van der Waals surface area contributed by atoms with E-state index in [1.54, 1.807) is 36.7 Å². The molecule has 1 aliphatic rings. The molecule has 0 spiro atoms. The van der Waals surface area contributed by atoms with Gasteiger partial charge in [0.2, 0.25) is 0 Å². The van der Waals surface area contributed by atoms with Crippen LogP contribution in [-0.4, -0.2) is 29.0 Å². The maximum atomic E-state index is 12.6. The lowest BCUT2D eigenvalue weighted by Crippen LogP contribution is -2.32. The van der Waals surface area contributed by atoms with Crippen molar-refractivity contribution in [1.82, 2.24) is 9.97 Å². The maximum Gasteiger partial charge on any atom is 0.259 e. The summed E-state index contributed by atoms with van der Waals surface area (Å²) in [6, 6.07) is 7.02. The van der Waals surface area contributed by atoms with Crippen molar-refractivity contribution in [3.8, 4) is 0 Å². The highest BCUT2D eigenvalue weighted by molar-refractivity contribution is 6.32. The van der Waals surface area contributed by atoms with Crippen molar-refractivity contribution in [2.45, 2.75) is 19.3 Å². The smallest absolute Gasteiger partial charge is 0.259 e. The van der Waals surface area contributed by atoms with Crippen LogP contribution in [0.15, 0.2) is 36.7 Å². The standard InChI is InChI=1S/C16H17ClN4O/c17-14-13(7-5-8-18-14)20-16(22)12-6-4-9-19-15(12)21-10-2-1-3-11-21/h4-9H,1-3,10-11H2,(H,20,22). The number of nitrogens with one attached hydrogen (secondary N) is 1. The van der Waals surface area contributed by atoms with E-state index >= 15 is 0 Å². The Morgan fingerprint density at radius 1 is 1.09 bits per heavy atom. The molecule has 2 aromatic rings. The minimum atomic E-state index is -0.219. The van der Waals surface area contributed by atoms with Gasteiger partial charge in [-0.15, -0.1) is 0 Å². The van der Waals surface area contributed by atoms with E-state index in [0.29, 0.717) is 11.3 Å². The lowest BCUT2D eigenvalue weighted by atomic mass is 10.1. The summed E-state index contributed by atoms with van der Waals surface area (Å²) in [5.41, 5.74) is 1.06. The molecule has 0 saturated carbocycles. The molecule has 0 aromatic carbocycles. The lowest BCUT2D eigenvalue weighted by molar-refractivity contribution is 0.102. The van der Waals surface area contributed by atoms with Gasteiger partial charge in [-0.25, -0.2) is 9.97 Å². The zero-order valence-corrected chi connectivity index (χ0v) is 12.9. The van der Waals surface area contributed by atoms with Crippen LogP contribution in [0.25, 0.3) is 0 Å². The Labute approximate surface area is 134 Å².